The number of aryl methyl sites for hydroxylation is 1. The fourth-order valence-corrected chi connectivity index (χ4v) is 4.10. The quantitative estimate of drug-likeness (QED) is 0.636. The predicted molar refractivity (Wildman–Crippen MR) is 107 cm³/mol. The van der Waals surface area contributed by atoms with Gasteiger partial charge in [0.2, 0.25) is 5.43 Å². The molecule has 2 aliphatic rings. The first-order valence-corrected chi connectivity index (χ1v) is 9.88. The third-order valence-corrected chi connectivity index (χ3v) is 5.86. The maximum atomic E-state index is 15.5. The number of hydrogen-bond acceptors (Lipinski definition) is 5. The van der Waals surface area contributed by atoms with Gasteiger partial charge in [0.1, 0.15) is 11.3 Å². The van der Waals surface area contributed by atoms with Crippen LogP contribution in [0.5, 0.6) is 0 Å². The molecule has 9 heteroatoms. The molecular formula is C20H24F2N4O3. The van der Waals surface area contributed by atoms with Gasteiger partial charge >= 0.3 is 5.97 Å². The predicted octanol–water partition coefficient (Wildman–Crippen LogP) is 2.16. The normalized spacial score (nSPS) is 19.3. The van der Waals surface area contributed by atoms with Crippen LogP contribution < -0.4 is 21.4 Å². The van der Waals surface area contributed by atoms with Crippen molar-refractivity contribution < 1.29 is 18.7 Å². The van der Waals surface area contributed by atoms with E-state index < -0.39 is 39.7 Å². The van der Waals surface area contributed by atoms with Gasteiger partial charge in [-0.15, -0.1) is 0 Å². The van der Waals surface area contributed by atoms with Gasteiger partial charge < -0.3 is 25.6 Å². The number of nitrogen functional groups attached to an aromatic ring is 1. The number of pyridine rings is 1. The van der Waals surface area contributed by atoms with E-state index in [1.54, 1.807) is 11.8 Å². The van der Waals surface area contributed by atoms with Crippen LogP contribution in [-0.4, -0.2) is 41.3 Å². The second-order valence-corrected chi connectivity index (χ2v) is 7.86. The molecule has 2 heterocycles. The highest BCUT2D eigenvalue weighted by Gasteiger charge is 2.32. The van der Waals surface area contributed by atoms with Crippen LogP contribution in [0.1, 0.15) is 36.5 Å². The molecule has 0 radical (unpaired) electrons. The first-order valence-electron chi connectivity index (χ1n) is 9.88. The third kappa shape index (κ3) is 3.33. The molecule has 4 N–H and O–H groups in total. The van der Waals surface area contributed by atoms with Crippen molar-refractivity contribution in [2.24, 2.45) is 5.92 Å². The summed E-state index contributed by atoms with van der Waals surface area (Å²) in [5.41, 5.74) is 3.45. The minimum absolute atomic E-state index is 0.157. The first kappa shape index (κ1) is 19.6. The number of rotatable bonds is 6. The van der Waals surface area contributed by atoms with Crippen LogP contribution in [-0.2, 0) is 6.54 Å². The Morgan fingerprint density at radius 3 is 2.66 bits per heavy atom. The van der Waals surface area contributed by atoms with Crippen molar-refractivity contribution >= 4 is 28.2 Å². The first-order chi connectivity index (χ1) is 13.8. The number of benzene rings is 1. The Morgan fingerprint density at radius 1 is 1.31 bits per heavy atom. The Hall–Kier alpha value is -2.68. The summed E-state index contributed by atoms with van der Waals surface area (Å²) in [7, 11) is 0. The van der Waals surface area contributed by atoms with Crippen LogP contribution in [0.3, 0.4) is 0 Å². The second-order valence-electron chi connectivity index (χ2n) is 7.86. The molecule has 1 unspecified atom stereocenters. The number of hydrogen-bond donors (Lipinski definition) is 3. The second kappa shape index (κ2) is 7.29. The summed E-state index contributed by atoms with van der Waals surface area (Å²) >= 11 is 0. The van der Waals surface area contributed by atoms with E-state index in [1.807, 2.05) is 0 Å². The smallest absolute Gasteiger partial charge is 0.341 e. The van der Waals surface area contributed by atoms with Gasteiger partial charge in [-0.25, -0.2) is 13.6 Å². The van der Waals surface area contributed by atoms with Crippen molar-refractivity contribution in [3.8, 4) is 0 Å². The molecule has 4 rings (SSSR count). The van der Waals surface area contributed by atoms with Crippen molar-refractivity contribution in [2.75, 3.05) is 30.3 Å². The molecule has 156 valence electrons. The number of fused-ring (bicyclic) bond motifs is 1. The van der Waals surface area contributed by atoms with E-state index in [9.17, 15) is 14.7 Å². The summed E-state index contributed by atoms with van der Waals surface area (Å²) in [6.07, 6.45) is 4.24. The number of aromatic nitrogens is 1. The van der Waals surface area contributed by atoms with E-state index in [1.165, 1.54) is 17.4 Å². The molecule has 1 saturated carbocycles. The van der Waals surface area contributed by atoms with Crippen molar-refractivity contribution in [3.63, 3.8) is 0 Å². The van der Waals surface area contributed by atoms with Crippen LogP contribution in [0, 0.1) is 17.6 Å². The molecular weight excluding hydrogens is 382 g/mol. The molecule has 0 spiro atoms. The number of carbonyl (C=O) groups is 1. The highest BCUT2D eigenvalue weighted by molar-refractivity contribution is 5.99. The Bertz CT molecular complexity index is 1050. The van der Waals surface area contributed by atoms with Crippen LogP contribution >= 0.6 is 0 Å². The van der Waals surface area contributed by atoms with Crippen LogP contribution in [0.2, 0.25) is 0 Å². The van der Waals surface area contributed by atoms with Crippen molar-refractivity contribution in [1.29, 1.82) is 0 Å². The molecule has 0 bridgehead atoms. The van der Waals surface area contributed by atoms with Crippen LogP contribution in [0.15, 0.2) is 11.0 Å². The summed E-state index contributed by atoms with van der Waals surface area (Å²) in [4.78, 5) is 25.6. The Labute approximate surface area is 166 Å². The number of aromatic carboxylic acids is 1. The van der Waals surface area contributed by atoms with E-state index in [4.69, 9.17) is 5.73 Å². The molecule has 29 heavy (non-hydrogen) atoms. The Kier molecular flexibility index (Phi) is 4.94. The van der Waals surface area contributed by atoms with E-state index >= 15 is 8.78 Å². The molecule has 1 aliphatic carbocycles. The highest BCUT2D eigenvalue weighted by Crippen LogP contribution is 2.37. The average molecular weight is 406 g/mol. The van der Waals surface area contributed by atoms with E-state index in [2.05, 4.69) is 5.32 Å². The van der Waals surface area contributed by atoms with E-state index in [0.717, 1.165) is 19.2 Å². The van der Waals surface area contributed by atoms with E-state index in [-0.39, 0.29) is 23.7 Å². The fraction of sp³-hybridized carbons (Fsp3) is 0.500. The maximum Gasteiger partial charge on any atom is 0.341 e. The molecule has 2 aromatic rings. The number of anilines is 2. The third-order valence-electron chi connectivity index (χ3n) is 5.86. The summed E-state index contributed by atoms with van der Waals surface area (Å²) in [5.74, 6) is -3.07. The summed E-state index contributed by atoms with van der Waals surface area (Å²) in [6.45, 7) is 3.66. The Morgan fingerprint density at radius 2 is 2.03 bits per heavy atom. The molecule has 1 aromatic carbocycles. The molecule has 1 aromatic heterocycles. The minimum Gasteiger partial charge on any atom is -0.477 e. The topological polar surface area (TPSA) is 101 Å². The van der Waals surface area contributed by atoms with Gasteiger partial charge in [-0.1, -0.05) is 0 Å². The van der Waals surface area contributed by atoms with E-state index in [0.29, 0.717) is 19.1 Å². The van der Waals surface area contributed by atoms with Crippen molar-refractivity contribution in [3.05, 3.63) is 33.6 Å². The standard InChI is InChI=1S/C20H24F2N4O3/c1-2-25-9-12(20(28)29)19(27)13-16(23)14(21)18(15(22)17(13)25)26-6-5-10(8-26)7-24-11-3-4-11/h9-11,24H,2-8,23H2,1H3,(H,28,29). The number of nitrogens with two attached hydrogens (primary N) is 1. The van der Waals surface area contributed by atoms with Gasteiger partial charge in [-0.05, 0) is 38.6 Å². The van der Waals surface area contributed by atoms with Crippen LogP contribution in [0.4, 0.5) is 20.2 Å². The van der Waals surface area contributed by atoms with Gasteiger partial charge in [-0.2, -0.15) is 0 Å². The van der Waals surface area contributed by atoms with Crippen molar-refractivity contribution in [2.45, 2.75) is 38.8 Å². The lowest BCUT2D eigenvalue weighted by molar-refractivity contribution is 0.0695. The fourth-order valence-electron chi connectivity index (χ4n) is 4.10. The zero-order valence-corrected chi connectivity index (χ0v) is 16.2. The number of nitrogens with one attached hydrogen (secondary N) is 1. The molecule has 2 fully saturated rings. The SMILES string of the molecule is CCn1cc(C(=O)O)c(=O)c2c(N)c(F)c(N3CCC(CNC4CC4)C3)c(F)c21. The number of carboxylic acids is 1. The molecule has 1 saturated heterocycles. The Balaban J connectivity index is 1.81. The molecule has 0 amide bonds. The maximum absolute atomic E-state index is 15.5. The molecule has 7 nitrogen and oxygen atoms in total. The zero-order chi connectivity index (χ0) is 20.9. The van der Waals surface area contributed by atoms with Gasteiger partial charge in [0.25, 0.3) is 0 Å². The monoisotopic (exact) mass is 406 g/mol. The van der Waals surface area contributed by atoms with Gasteiger partial charge in [0.05, 0.1) is 16.6 Å². The number of halogens is 2. The summed E-state index contributed by atoms with van der Waals surface area (Å²) in [5, 5.41) is 12.3. The lowest BCUT2D eigenvalue weighted by Gasteiger charge is -2.23. The highest BCUT2D eigenvalue weighted by atomic mass is 19.1. The lowest BCUT2D eigenvalue weighted by atomic mass is 10.1. The number of carboxylic acid groups (broad SMARTS) is 1. The lowest BCUT2D eigenvalue weighted by Crippen LogP contribution is -2.29. The van der Waals surface area contributed by atoms with Crippen LogP contribution in [0.25, 0.3) is 10.9 Å². The zero-order valence-electron chi connectivity index (χ0n) is 16.2. The largest absolute Gasteiger partial charge is 0.477 e. The molecule has 1 atom stereocenters. The van der Waals surface area contributed by atoms with Crippen molar-refractivity contribution in [1.82, 2.24) is 9.88 Å². The van der Waals surface area contributed by atoms with Gasteiger partial charge in [-0.3, -0.25) is 4.79 Å². The minimum atomic E-state index is -1.46. The van der Waals surface area contributed by atoms with Gasteiger partial charge in [0, 0.05) is 31.9 Å². The average Bonchev–Trinajstić information content (AvgIpc) is 3.41. The van der Waals surface area contributed by atoms with Gasteiger partial charge in [0.15, 0.2) is 11.6 Å². The molecule has 1 aliphatic heterocycles. The summed E-state index contributed by atoms with van der Waals surface area (Å²) < 4.78 is 31.9. The summed E-state index contributed by atoms with van der Waals surface area (Å²) in [6, 6.07) is 0.566. The number of nitrogens with zero attached hydrogens (tertiary/aromatic N) is 2.